The average molecular weight is 166 g/mol. The van der Waals surface area contributed by atoms with Crippen LogP contribution in [-0.4, -0.2) is 0 Å². The largest absolute Gasteiger partial charge is 0.0882 e. The van der Waals surface area contributed by atoms with E-state index in [9.17, 15) is 0 Å². The van der Waals surface area contributed by atoms with Crippen LogP contribution in [0.1, 0.15) is 53.4 Å². The highest BCUT2D eigenvalue weighted by Crippen LogP contribution is 2.45. The van der Waals surface area contributed by atoms with Crippen LogP contribution in [-0.2, 0) is 0 Å². The van der Waals surface area contributed by atoms with E-state index in [4.69, 9.17) is 0 Å². The van der Waals surface area contributed by atoms with Crippen LogP contribution in [0.3, 0.4) is 0 Å². The zero-order valence-electron chi connectivity index (χ0n) is 8.98. The van der Waals surface area contributed by atoms with Gasteiger partial charge in [0.1, 0.15) is 0 Å². The molecule has 0 aliphatic heterocycles. The molecule has 0 bridgehead atoms. The third-order valence-electron chi connectivity index (χ3n) is 4.00. The van der Waals surface area contributed by atoms with Crippen molar-refractivity contribution in [2.24, 2.45) is 11.3 Å². The Bertz CT molecular complexity index is 178. The highest BCUT2D eigenvalue weighted by Gasteiger charge is 2.34. The van der Waals surface area contributed by atoms with Crippen LogP contribution in [0.5, 0.6) is 0 Å². The van der Waals surface area contributed by atoms with Gasteiger partial charge in [0.05, 0.1) is 0 Å². The first-order valence-corrected chi connectivity index (χ1v) is 5.24. The molecular formula is C12H22. The minimum Gasteiger partial charge on any atom is -0.0882 e. The summed E-state index contributed by atoms with van der Waals surface area (Å²) in [5.41, 5.74) is 2.10. The van der Waals surface area contributed by atoms with Gasteiger partial charge in [-0.2, -0.15) is 0 Å². The van der Waals surface area contributed by atoms with Gasteiger partial charge in [0.25, 0.3) is 0 Å². The lowest BCUT2D eigenvalue weighted by Gasteiger charge is -2.41. The molecule has 70 valence electrons. The van der Waals surface area contributed by atoms with Gasteiger partial charge in [0.2, 0.25) is 0 Å². The van der Waals surface area contributed by atoms with Gasteiger partial charge < -0.3 is 0 Å². The van der Waals surface area contributed by atoms with Gasteiger partial charge in [0.15, 0.2) is 0 Å². The highest BCUT2D eigenvalue weighted by atomic mass is 14.4. The lowest BCUT2D eigenvalue weighted by molar-refractivity contribution is 0.174. The van der Waals surface area contributed by atoms with E-state index in [0.717, 1.165) is 5.92 Å². The molecule has 1 saturated carbocycles. The summed E-state index contributed by atoms with van der Waals surface area (Å²) < 4.78 is 0. The molecule has 1 rings (SSSR count). The molecular weight excluding hydrogens is 144 g/mol. The van der Waals surface area contributed by atoms with Crippen molar-refractivity contribution in [1.82, 2.24) is 0 Å². The minimum absolute atomic E-state index is 0.507. The SMILES string of the molecule is C/C=C(/C)C1(C)CCCCC1C. The Morgan fingerprint density at radius 3 is 2.58 bits per heavy atom. The third-order valence-corrected chi connectivity index (χ3v) is 4.00. The van der Waals surface area contributed by atoms with Crippen LogP contribution in [0.4, 0.5) is 0 Å². The Kier molecular flexibility index (Phi) is 2.98. The minimum atomic E-state index is 0.507. The quantitative estimate of drug-likeness (QED) is 0.513. The molecule has 0 nitrogen and oxygen atoms in total. The van der Waals surface area contributed by atoms with Crippen LogP contribution in [0.2, 0.25) is 0 Å². The topological polar surface area (TPSA) is 0 Å². The predicted octanol–water partition coefficient (Wildman–Crippen LogP) is 4.17. The first-order valence-electron chi connectivity index (χ1n) is 5.24. The third kappa shape index (κ3) is 1.57. The maximum absolute atomic E-state index is 2.44. The summed E-state index contributed by atoms with van der Waals surface area (Å²) in [4.78, 5) is 0. The fraction of sp³-hybridized carbons (Fsp3) is 0.833. The molecule has 0 N–H and O–H groups in total. The molecule has 1 fully saturated rings. The Morgan fingerprint density at radius 1 is 1.42 bits per heavy atom. The summed E-state index contributed by atoms with van der Waals surface area (Å²) in [6.45, 7) is 9.31. The van der Waals surface area contributed by atoms with E-state index >= 15 is 0 Å². The first kappa shape index (κ1) is 9.83. The van der Waals surface area contributed by atoms with Crippen LogP contribution in [0.25, 0.3) is 0 Å². The van der Waals surface area contributed by atoms with Gasteiger partial charge in [-0.3, -0.25) is 0 Å². The molecule has 0 aromatic rings. The summed E-state index contributed by atoms with van der Waals surface area (Å²) in [5, 5.41) is 0. The Labute approximate surface area is 77.1 Å². The molecule has 0 aromatic heterocycles. The van der Waals surface area contributed by atoms with Crippen LogP contribution in [0, 0.1) is 11.3 Å². The van der Waals surface area contributed by atoms with Gasteiger partial charge in [0, 0.05) is 0 Å². The van der Waals surface area contributed by atoms with E-state index in [1.807, 2.05) is 0 Å². The number of rotatable bonds is 1. The lowest BCUT2D eigenvalue weighted by Crippen LogP contribution is -2.30. The molecule has 2 unspecified atom stereocenters. The van der Waals surface area contributed by atoms with E-state index in [-0.39, 0.29) is 0 Å². The Hall–Kier alpha value is -0.260. The van der Waals surface area contributed by atoms with E-state index in [1.54, 1.807) is 5.57 Å². The molecule has 0 saturated heterocycles. The zero-order valence-corrected chi connectivity index (χ0v) is 8.98. The number of hydrogen-bond acceptors (Lipinski definition) is 0. The zero-order chi connectivity index (χ0) is 9.19. The second kappa shape index (κ2) is 3.64. The molecule has 1 aliphatic rings. The first-order chi connectivity index (χ1) is 5.61. The maximum atomic E-state index is 2.44. The molecule has 12 heavy (non-hydrogen) atoms. The summed E-state index contributed by atoms with van der Waals surface area (Å²) in [7, 11) is 0. The molecule has 0 radical (unpaired) electrons. The normalized spacial score (nSPS) is 38.3. The molecule has 0 amide bonds. The van der Waals surface area contributed by atoms with Crippen molar-refractivity contribution in [3.8, 4) is 0 Å². The summed E-state index contributed by atoms with van der Waals surface area (Å²) >= 11 is 0. The monoisotopic (exact) mass is 166 g/mol. The van der Waals surface area contributed by atoms with Gasteiger partial charge in [-0.05, 0) is 38.0 Å². The van der Waals surface area contributed by atoms with Gasteiger partial charge in [-0.25, -0.2) is 0 Å². The molecule has 0 spiro atoms. The molecule has 0 heterocycles. The van der Waals surface area contributed by atoms with Crippen molar-refractivity contribution in [3.05, 3.63) is 11.6 Å². The lowest BCUT2D eigenvalue weighted by atomic mass is 9.64. The van der Waals surface area contributed by atoms with Gasteiger partial charge >= 0.3 is 0 Å². The fourth-order valence-corrected chi connectivity index (χ4v) is 2.42. The average Bonchev–Trinajstić information content (AvgIpc) is 2.09. The summed E-state index contributed by atoms with van der Waals surface area (Å²) in [6, 6.07) is 0. The van der Waals surface area contributed by atoms with E-state index < -0.39 is 0 Å². The van der Waals surface area contributed by atoms with Crippen molar-refractivity contribution < 1.29 is 0 Å². The summed E-state index contributed by atoms with van der Waals surface area (Å²) in [6.07, 6.45) is 7.97. The standard InChI is InChI=1S/C12H22/c1-5-10(2)12(4)9-7-6-8-11(12)3/h5,11H,6-9H2,1-4H3/b10-5-. The molecule has 0 aromatic carbocycles. The molecule has 0 heteroatoms. The van der Waals surface area contributed by atoms with Crippen LogP contribution in [0.15, 0.2) is 11.6 Å². The fourth-order valence-electron chi connectivity index (χ4n) is 2.42. The van der Waals surface area contributed by atoms with E-state index in [2.05, 4.69) is 33.8 Å². The maximum Gasteiger partial charge on any atom is -0.00936 e. The predicted molar refractivity (Wildman–Crippen MR) is 55.2 cm³/mol. The van der Waals surface area contributed by atoms with Crippen LogP contribution < -0.4 is 0 Å². The Balaban J connectivity index is 2.79. The van der Waals surface area contributed by atoms with Crippen molar-refractivity contribution in [3.63, 3.8) is 0 Å². The van der Waals surface area contributed by atoms with Gasteiger partial charge in [-0.15, -0.1) is 0 Å². The second-order valence-corrected chi connectivity index (χ2v) is 4.54. The van der Waals surface area contributed by atoms with Crippen molar-refractivity contribution in [2.75, 3.05) is 0 Å². The van der Waals surface area contributed by atoms with Gasteiger partial charge in [-0.1, -0.05) is 38.3 Å². The second-order valence-electron chi connectivity index (χ2n) is 4.54. The van der Waals surface area contributed by atoms with Crippen molar-refractivity contribution >= 4 is 0 Å². The Morgan fingerprint density at radius 2 is 2.08 bits per heavy atom. The van der Waals surface area contributed by atoms with E-state index in [0.29, 0.717) is 5.41 Å². The number of allylic oxidation sites excluding steroid dienone is 2. The van der Waals surface area contributed by atoms with Crippen LogP contribution >= 0.6 is 0 Å². The number of hydrogen-bond donors (Lipinski definition) is 0. The summed E-state index contributed by atoms with van der Waals surface area (Å²) in [5.74, 6) is 0.877. The molecule has 2 atom stereocenters. The smallest absolute Gasteiger partial charge is 0.00936 e. The van der Waals surface area contributed by atoms with Crippen molar-refractivity contribution in [1.29, 1.82) is 0 Å². The van der Waals surface area contributed by atoms with Crippen molar-refractivity contribution in [2.45, 2.75) is 53.4 Å². The molecule has 1 aliphatic carbocycles. The highest BCUT2D eigenvalue weighted by molar-refractivity contribution is 5.12. The van der Waals surface area contributed by atoms with E-state index in [1.165, 1.54) is 25.7 Å².